The molecule has 1 aliphatic rings. The van der Waals surface area contributed by atoms with Crippen LogP contribution in [0.2, 0.25) is 0 Å². The zero-order chi connectivity index (χ0) is 19.5. The molecular weight excluding hydrogens is 390 g/mol. The summed E-state index contributed by atoms with van der Waals surface area (Å²) in [6, 6.07) is 16.1. The topological polar surface area (TPSA) is 63.9 Å². The van der Waals surface area contributed by atoms with Gasteiger partial charge in [0.05, 0.1) is 17.1 Å². The van der Waals surface area contributed by atoms with Crippen LogP contribution in [0, 0.1) is 6.92 Å². The largest absolute Gasteiger partial charge is 0.311 e. The molecule has 0 radical (unpaired) electrons. The van der Waals surface area contributed by atoms with Gasteiger partial charge in [0, 0.05) is 16.7 Å². The first-order valence-electron chi connectivity index (χ1n) is 9.16. The van der Waals surface area contributed by atoms with Crippen LogP contribution in [0.1, 0.15) is 18.9 Å². The number of amides is 1. The predicted molar refractivity (Wildman–Crippen MR) is 113 cm³/mol. The van der Waals surface area contributed by atoms with Gasteiger partial charge in [0.2, 0.25) is 11.1 Å². The summed E-state index contributed by atoms with van der Waals surface area (Å²) < 4.78 is 1.67. The third-order valence-corrected chi connectivity index (χ3v) is 6.73. The van der Waals surface area contributed by atoms with E-state index in [0.29, 0.717) is 16.2 Å². The number of carbonyl (C=O) groups is 1. The van der Waals surface area contributed by atoms with Crippen molar-refractivity contribution in [2.45, 2.75) is 35.6 Å². The number of carbonyl (C=O) groups excluding carboxylic acids is 1. The van der Waals surface area contributed by atoms with E-state index in [1.54, 1.807) is 4.68 Å². The maximum Gasteiger partial charge on any atom is 0.237 e. The maximum atomic E-state index is 13.0. The molecule has 8 heteroatoms. The van der Waals surface area contributed by atoms with Crippen LogP contribution in [0.25, 0.3) is 5.69 Å². The Hall–Kier alpha value is -2.32. The van der Waals surface area contributed by atoms with E-state index < -0.39 is 0 Å². The standard InChI is InChI=1S/C20H21N5OS2/c1-14-7-9-16(10-8-14)25-20(21-22-23-25)27-13-19(26)24-12-11-15(2)28-18-6-4-3-5-17(18)24/h3-10,15H,11-13H2,1-2H3/t15-/m0/s1. The van der Waals surface area contributed by atoms with Crippen LogP contribution in [-0.2, 0) is 4.79 Å². The maximum absolute atomic E-state index is 13.0. The fourth-order valence-corrected chi connectivity index (χ4v) is 4.95. The number of fused-ring (bicyclic) bond motifs is 1. The van der Waals surface area contributed by atoms with Gasteiger partial charge in [-0.2, -0.15) is 4.68 Å². The number of hydrogen-bond acceptors (Lipinski definition) is 6. The SMILES string of the molecule is Cc1ccc(-n2nnnc2SCC(=O)N2CC[C@H](C)Sc3ccccc32)cc1. The van der Waals surface area contributed by atoms with Crippen molar-refractivity contribution in [2.75, 3.05) is 17.2 Å². The number of para-hydroxylation sites is 1. The van der Waals surface area contributed by atoms with E-state index in [-0.39, 0.29) is 5.91 Å². The van der Waals surface area contributed by atoms with Crippen LogP contribution in [0.4, 0.5) is 5.69 Å². The van der Waals surface area contributed by atoms with Gasteiger partial charge in [-0.1, -0.05) is 48.5 Å². The number of rotatable bonds is 4. The van der Waals surface area contributed by atoms with Crippen LogP contribution in [0.5, 0.6) is 0 Å². The zero-order valence-electron chi connectivity index (χ0n) is 15.8. The van der Waals surface area contributed by atoms with Gasteiger partial charge < -0.3 is 4.90 Å². The van der Waals surface area contributed by atoms with Crippen molar-refractivity contribution in [3.8, 4) is 5.69 Å². The minimum absolute atomic E-state index is 0.0746. The van der Waals surface area contributed by atoms with Gasteiger partial charge in [0.1, 0.15) is 0 Å². The molecule has 28 heavy (non-hydrogen) atoms. The second-order valence-corrected chi connectivity index (χ2v) is 9.15. The fraction of sp³-hybridized carbons (Fsp3) is 0.300. The lowest BCUT2D eigenvalue weighted by molar-refractivity contribution is -0.116. The van der Waals surface area contributed by atoms with Gasteiger partial charge in [0.15, 0.2) is 0 Å². The number of hydrogen-bond donors (Lipinski definition) is 0. The molecule has 2 aromatic carbocycles. The molecule has 0 bridgehead atoms. The van der Waals surface area contributed by atoms with Gasteiger partial charge in [-0.3, -0.25) is 4.79 Å². The molecule has 144 valence electrons. The van der Waals surface area contributed by atoms with Gasteiger partial charge in [0.25, 0.3) is 0 Å². The van der Waals surface area contributed by atoms with Crippen LogP contribution >= 0.6 is 23.5 Å². The Labute approximate surface area is 172 Å². The number of aromatic nitrogens is 4. The van der Waals surface area contributed by atoms with E-state index in [1.807, 2.05) is 66.1 Å². The molecule has 0 aliphatic carbocycles. The summed E-state index contributed by atoms with van der Waals surface area (Å²) in [4.78, 5) is 16.1. The van der Waals surface area contributed by atoms with E-state index in [2.05, 4.69) is 28.5 Å². The highest BCUT2D eigenvalue weighted by Gasteiger charge is 2.24. The molecular formula is C20H21N5OS2. The third kappa shape index (κ3) is 4.07. The Morgan fingerprint density at radius 2 is 2.00 bits per heavy atom. The van der Waals surface area contributed by atoms with E-state index >= 15 is 0 Å². The Bertz CT molecular complexity index is 973. The first kappa shape index (κ1) is 19.0. The van der Waals surface area contributed by atoms with Crippen molar-refractivity contribution >= 4 is 35.1 Å². The quantitative estimate of drug-likeness (QED) is 0.605. The molecule has 3 aromatic rings. The lowest BCUT2D eigenvalue weighted by atomic mass is 10.2. The summed E-state index contributed by atoms with van der Waals surface area (Å²) in [6.07, 6.45) is 0.969. The second-order valence-electron chi connectivity index (χ2n) is 6.73. The summed E-state index contributed by atoms with van der Waals surface area (Å²) in [6.45, 7) is 4.98. The Morgan fingerprint density at radius 1 is 1.21 bits per heavy atom. The number of nitrogens with zero attached hydrogens (tertiary/aromatic N) is 5. The van der Waals surface area contributed by atoms with Crippen molar-refractivity contribution in [2.24, 2.45) is 0 Å². The second kappa shape index (κ2) is 8.36. The molecule has 6 nitrogen and oxygen atoms in total. The molecule has 1 amide bonds. The molecule has 0 saturated carbocycles. The highest BCUT2D eigenvalue weighted by Crippen LogP contribution is 2.37. The highest BCUT2D eigenvalue weighted by molar-refractivity contribution is 8.00. The van der Waals surface area contributed by atoms with E-state index in [9.17, 15) is 4.79 Å². The summed E-state index contributed by atoms with van der Waals surface area (Å²) in [5.74, 6) is 0.366. The van der Waals surface area contributed by atoms with Crippen LogP contribution in [-0.4, -0.2) is 43.7 Å². The average Bonchev–Trinajstić information content (AvgIpc) is 3.09. The van der Waals surface area contributed by atoms with Crippen molar-refractivity contribution in [3.05, 3.63) is 54.1 Å². The van der Waals surface area contributed by atoms with E-state index in [1.165, 1.54) is 17.3 Å². The first-order valence-corrected chi connectivity index (χ1v) is 11.0. The van der Waals surface area contributed by atoms with E-state index in [0.717, 1.165) is 29.2 Å². The molecule has 2 heterocycles. The van der Waals surface area contributed by atoms with Gasteiger partial charge in [-0.25, -0.2) is 0 Å². The molecule has 4 rings (SSSR count). The van der Waals surface area contributed by atoms with Gasteiger partial charge in [-0.15, -0.1) is 16.9 Å². The Morgan fingerprint density at radius 3 is 2.82 bits per heavy atom. The first-order chi connectivity index (χ1) is 13.6. The minimum atomic E-state index is 0.0746. The Kier molecular flexibility index (Phi) is 5.68. The monoisotopic (exact) mass is 411 g/mol. The number of tetrazole rings is 1. The summed E-state index contributed by atoms with van der Waals surface area (Å²) in [7, 11) is 0. The minimum Gasteiger partial charge on any atom is -0.311 e. The van der Waals surface area contributed by atoms with E-state index in [4.69, 9.17) is 0 Å². The fourth-order valence-electron chi connectivity index (χ4n) is 3.07. The van der Waals surface area contributed by atoms with Crippen LogP contribution in [0.3, 0.4) is 0 Å². The lowest BCUT2D eigenvalue weighted by Gasteiger charge is -2.22. The zero-order valence-corrected chi connectivity index (χ0v) is 17.4. The normalized spacial score (nSPS) is 16.5. The molecule has 1 aliphatic heterocycles. The molecule has 0 spiro atoms. The van der Waals surface area contributed by atoms with Gasteiger partial charge >= 0.3 is 0 Å². The predicted octanol–water partition coefficient (Wildman–Crippen LogP) is 3.98. The smallest absolute Gasteiger partial charge is 0.237 e. The highest BCUT2D eigenvalue weighted by atomic mass is 32.2. The van der Waals surface area contributed by atoms with Crippen LogP contribution < -0.4 is 4.90 Å². The number of anilines is 1. The lowest BCUT2D eigenvalue weighted by Crippen LogP contribution is -2.33. The number of aryl methyl sites for hydroxylation is 1. The molecule has 1 aromatic heterocycles. The summed E-state index contributed by atoms with van der Waals surface area (Å²) in [5.41, 5.74) is 3.06. The average molecular weight is 412 g/mol. The Balaban J connectivity index is 1.50. The van der Waals surface area contributed by atoms with Gasteiger partial charge in [-0.05, 0) is 48.0 Å². The molecule has 0 unspecified atom stereocenters. The molecule has 0 saturated heterocycles. The summed E-state index contributed by atoms with van der Waals surface area (Å²) >= 11 is 3.20. The van der Waals surface area contributed by atoms with Crippen molar-refractivity contribution in [3.63, 3.8) is 0 Å². The molecule has 0 N–H and O–H groups in total. The number of benzene rings is 2. The molecule has 1 atom stereocenters. The number of thioether (sulfide) groups is 2. The van der Waals surface area contributed by atoms with Crippen molar-refractivity contribution in [1.82, 2.24) is 20.2 Å². The van der Waals surface area contributed by atoms with Crippen molar-refractivity contribution in [1.29, 1.82) is 0 Å². The summed E-state index contributed by atoms with van der Waals surface area (Å²) in [5, 5.41) is 13.1. The van der Waals surface area contributed by atoms with Crippen LogP contribution in [0.15, 0.2) is 58.6 Å². The molecule has 0 fully saturated rings. The third-order valence-electron chi connectivity index (χ3n) is 4.59. The van der Waals surface area contributed by atoms with Crippen molar-refractivity contribution < 1.29 is 4.79 Å².